The predicted octanol–water partition coefficient (Wildman–Crippen LogP) is 6.23. The van der Waals surface area contributed by atoms with E-state index in [9.17, 15) is 30.5 Å². The predicted molar refractivity (Wildman–Crippen MR) is 187 cm³/mol. The second kappa shape index (κ2) is 14.3. The maximum atomic E-state index is 14.0. The average molecular weight is 668 g/mol. The zero-order chi connectivity index (χ0) is 35.7. The molecule has 0 aromatic rings. The van der Waals surface area contributed by atoms with Crippen molar-refractivity contribution in [1.82, 2.24) is 19.6 Å². The highest BCUT2D eigenvalue weighted by atomic mass is 16.3. The van der Waals surface area contributed by atoms with Crippen molar-refractivity contribution in [2.45, 2.75) is 117 Å². The van der Waals surface area contributed by atoms with Crippen LogP contribution in [0.3, 0.4) is 0 Å². The molecular formula is C39H53N7O3. The lowest BCUT2D eigenvalue weighted by Crippen LogP contribution is -2.46. The molecule has 10 heteroatoms. The first-order valence-corrected chi connectivity index (χ1v) is 18.1. The second-order valence-electron chi connectivity index (χ2n) is 16.4. The van der Waals surface area contributed by atoms with E-state index in [0.717, 1.165) is 76.1 Å². The number of carbonyl (C=O) groups excluding carboxylic acids is 2. The SMILES string of the molecule is CN(C(=O)/C(O)=C1\CC(C)(C)CC(N2CCCC2)=C1C#N)C1CCC(N(C)C(=O)/C(C#N)=C2\CC(C)(C)CC(N3CCCC3)=C2C#N)CC1. The van der Waals surface area contributed by atoms with E-state index in [0.29, 0.717) is 60.8 Å². The van der Waals surface area contributed by atoms with Gasteiger partial charge in [0.2, 0.25) is 0 Å². The smallest absolute Gasteiger partial charge is 0.289 e. The van der Waals surface area contributed by atoms with E-state index >= 15 is 0 Å². The highest BCUT2D eigenvalue weighted by molar-refractivity contribution is 5.99. The van der Waals surface area contributed by atoms with Crippen LogP contribution in [-0.4, -0.2) is 88.9 Å². The van der Waals surface area contributed by atoms with Gasteiger partial charge in [0.1, 0.15) is 23.8 Å². The number of rotatable bonds is 6. The van der Waals surface area contributed by atoms with Gasteiger partial charge in [-0.05, 0) is 93.5 Å². The number of nitrogens with zero attached hydrogens (tertiary/aromatic N) is 7. The van der Waals surface area contributed by atoms with Crippen LogP contribution in [0.1, 0.15) is 105 Å². The van der Waals surface area contributed by atoms with Crippen molar-refractivity contribution in [1.29, 1.82) is 15.8 Å². The summed E-state index contributed by atoms with van der Waals surface area (Å²) in [6.45, 7) is 12.1. The van der Waals surface area contributed by atoms with Crippen LogP contribution in [0.2, 0.25) is 0 Å². The van der Waals surface area contributed by atoms with Gasteiger partial charge in [0.15, 0.2) is 5.76 Å². The molecule has 0 spiro atoms. The summed E-state index contributed by atoms with van der Waals surface area (Å²) >= 11 is 0. The minimum absolute atomic E-state index is 0.0551. The highest BCUT2D eigenvalue weighted by Gasteiger charge is 2.40. The summed E-state index contributed by atoms with van der Waals surface area (Å²) in [5.74, 6) is -1.17. The third kappa shape index (κ3) is 7.37. The van der Waals surface area contributed by atoms with Crippen LogP contribution in [-0.2, 0) is 9.59 Å². The molecule has 5 aliphatic rings. The zero-order valence-corrected chi connectivity index (χ0v) is 30.4. The number of hydrogen-bond acceptors (Lipinski definition) is 8. The van der Waals surface area contributed by atoms with Gasteiger partial charge in [-0.25, -0.2) is 0 Å². The molecule has 0 aromatic heterocycles. The molecule has 0 radical (unpaired) electrons. The van der Waals surface area contributed by atoms with Crippen molar-refractivity contribution in [2.75, 3.05) is 40.3 Å². The molecule has 2 saturated heterocycles. The van der Waals surface area contributed by atoms with Gasteiger partial charge in [0.25, 0.3) is 11.8 Å². The monoisotopic (exact) mass is 667 g/mol. The number of likely N-dealkylation sites (N-methyl/N-ethyl adjacent to an activating group) is 2. The van der Waals surface area contributed by atoms with Gasteiger partial charge >= 0.3 is 0 Å². The van der Waals surface area contributed by atoms with E-state index in [2.05, 4.69) is 55.7 Å². The molecule has 0 aromatic carbocycles. The quantitative estimate of drug-likeness (QED) is 0.200. The van der Waals surface area contributed by atoms with E-state index in [1.54, 1.807) is 23.9 Å². The van der Waals surface area contributed by atoms with Crippen molar-refractivity contribution in [3.63, 3.8) is 0 Å². The maximum Gasteiger partial charge on any atom is 0.289 e. The van der Waals surface area contributed by atoms with E-state index in [1.807, 2.05) is 0 Å². The summed E-state index contributed by atoms with van der Waals surface area (Å²) in [7, 11) is 3.45. The number of likely N-dealkylation sites (tertiary alicyclic amines) is 2. The van der Waals surface area contributed by atoms with Crippen molar-refractivity contribution in [3.05, 3.63) is 45.0 Å². The Hall–Kier alpha value is -4.23. The first-order valence-electron chi connectivity index (χ1n) is 18.1. The Morgan fingerprint density at radius 2 is 1.06 bits per heavy atom. The highest BCUT2D eigenvalue weighted by Crippen LogP contribution is 2.46. The third-order valence-electron chi connectivity index (χ3n) is 11.5. The number of hydrogen-bond donors (Lipinski definition) is 1. The number of amides is 2. The van der Waals surface area contributed by atoms with Gasteiger partial charge in [-0.2, -0.15) is 15.8 Å². The summed E-state index contributed by atoms with van der Waals surface area (Å²) in [6.07, 6.45) is 9.26. The van der Waals surface area contributed by atoms with Gasteiger partial charge in [-0.1, -0.05) is 27.7 Å². The summed E-state index contributed by atoms with van der Waals surface area (Å²) in [5, 5.41) is 42.2. The lowest BCUT2D eigenvalue weighted by molar-refractivity contribution is -0.133. The fourth-order valence-electron chi connectivity index (χ4n) is 8.77. The Labute approximate surface area is 292 Å². The first-order chi connectivity index (χ1) is 23.2. The molecule has 2 aliphatic heterocycles. The summed E-state index contributed by atoms with van der Waals surface area (Å²) in [4.78, 5) is 35.4. The largest absolute Gasteiger partial charge is 0.503 e. The van der Waals surface area contributed by atoms with Gasteiger partial charge in [0, 0.05) is 69.3 Å². The van der Waals surface area contributed by atoms with Gasteiger partial charge in [-0.3, -0.25) is 9.59 Å². The first kappa shape index (κ1) is 36.1. The van der Waals surface area contributed by atoms with Gasteiger partial charge < -0.3 is 24.7 Å². The molecule has 1 saturated carbocycles. The van der Waals surface area contributed by atoms with Crippen LogP contribution in [0.25, 0.3) is 0 Å². The molecule has 2 heterocycles. The molecule has 3 aliphatic carbocycles. The van der Waals surface area contributed by atoms with Crippen molar-refractivity contribution in [3.8, 4) is 18.2 Å². The number of allylic oxidation sites excluding steroid dienone is 6. The maximum absolute atomic E-state index is 14.0. The number of aliphatic hydroxyl groups is 1. The normalized spacial score (nSPS) is 27.2. The molecule has 2 amide bonds. The van der Waals surface area contributed by atoms with E-state index < -0.39 is 5.91 Å². The van der Waals surface area contributed by atoms with Crippen LogP contribution in [0, 0.1) is 44.8 Å². The minimum atomic E-state index is -0.477. The van der Waals surface area contributed by atoms with Crippen LogP contribution >= 0.6 is 0 Å². The lowest BCUT2D eigenvalue weighted by atomic mass is 9.72. The Balaban J connectivity index is 1.31. The fraction of sp³-hybridized carbons (Fsp3) is 0.667. The molecular weight excluding hydrogens is 614 g/mol. The van der Waals surface area contributed by atoms with Crippen molar-refractivity contribution in [2.24, 2.45) is 10.8 Å². The van der Waals surface area contributed by atoms with Crippen LogP contribution < -0.4 is 0 Å². The molecule has 10 nitrogen and oxygen atoms in total. The van der Waals surface area contributed by atoms with Gasteiger partial charge in [0.05, 0.1) is 11.1 Å². The minimum Gasteiger partial charge on any atom is -0.503 e. The van der Waals surface area contributed by atoms with Crippen LogP contribution in [0.15, 0.2) is 45.0 Å². The van der Waals surface area contributed by atoms with Crippen LogP contribution in [0.5, 0.6) is 0 Å². The molecule has 0 unspecified atom stereocenters. The molecule has 49 heavy (non-hydrogen) atoms. The molecule has 0 bridgehead atoms. The fourth-order valence-corrected chi connectivity index (χ4v) is 8.77. The molecule has 3 fully saturated rings. The summed E-state index contributed by atoms with van der Waals surface area (Å²) in [5.41, 5.74) is 3.51. The van der Waals surface area contributed by atoms with Crippen molar-refractivity contribution >= 4 is 11.8 Å². The van der Waals surface area contributed by atoms with Gasteiger partial charge in [-0.15, -0.1) is 0 Å². The van der Waals surface area contributed by atoms with E-state index in [4.69, 9.17) is 0 Å². The number of aliphatic hydroxyl groups excluding tert-OH is 1. The Morgan fingerprint density at radius 3 is 1.47 bits per heavy atom. The Bertz CT molecular complexity index is 1610. The zero-order valence-electron chi connectivity index (χ0n) is 30.4. The Morgan fingerprint density at radius 1 is 0.673 bits per heavy atom. The van der Waals surface area contributed by atoms with E-state index in [1.165, 1.54) is 0 Å². The van der Waals surface area contributed by atoms with Crippen LogP contribution in [0.4, 0.5) is 0 Å². The molecule has 0 atom stereocenters. The third-order valence-corrected chi connectivity index (χ3v) is 11.5. The summed E-state index contributed by atoms with van der Waals surface area (Å²) in [6, 6.07) is 6.63. The second-order valence-corrected chi connectivity index (χ2v) is 16.4. The molecule has 5 rings (SSSR count). The topological polar surface area (TPSA) is 139 Å². The number of nitriles is 3. The van der Waals surface area contributed by atoms with E-state index in [-0.39, 0.29) is 40.2 Å². The van der Waals surface area contributed by atoms with Crippen molar-refractivity contribution < 1.29 is 14.7 Å². The molecule has 262 valence electrons. The lowest BCUT2D eigenvalue weighted by Gasteiger charge is -2.40. The Kier molecular flexibility index (Phi) is 10.5. The number of carbonyl (C=O) groups is 2. The average Bonchev–Trinajstić information content (AvgIpc) is 3.82. The standard InChI is InChI=1S/C39H53N7O3/c1-38(2)19-28(30(23-40)33(21-38)45-15-7-8-16-45)32(25-42)36(48)43(5)26-11-13-27(14-12-26)44(6)37(49)35(47)29-20-39(3,4)22-34(31(29)24-41)46-17-9-10-18-46/h26-27,47H,7-22H2,1-6H3/b32-28+,35-29-. The molecule has 1 N–H and O–H groups in total. The summed E-state index contributed by atoms with van der Waals surface area (Å²) < 4.78 is 0.